The van der Waals surface area contributed by atoms with Crippen LogP contribution in [0.25, 0.3) is 11.3 Å². The van der Waals surface area contributed by atoms with Crippen molar-refractivity contribution >= 4 is 5.95 Å². The molecule has 0 saturated heterocycles. The Morgan fingerprint density at radius 1 is 1.05 bits per heavy atom. The summed E-state index contributed by atoms with van der Waals surface area (Å²) in [5, 5.41) is 0. The van der Waals surface area contributed by atoms with Crippen LogP contribution >= 0.6 is 0 Å². The van der Waals surface area contributed by atoms with Crippen molar-refractivity contribution in [1.82, 2.24) is 9.97 Å². The van der Waals surface area contributed by atoms with Crippen LogP contribution in [-0.2, 0) is 0 Å². The molecule has 4 nitrogen and oxygen atoms in total. The van der Waals surface area contributed by atoms with Gasteiger partial charge in [-0.1, -0.05) is 0 Å². The van der Waals surface area contributed by atoms with Gasteiger partial charge in [-0.05, 0) is 58.0 Å². The van der Waals surface area contributed by atoms with Crippen LogP contribution in [0.2, 0.25) is 0 Å². The fourth-order valence-electron chi connectivity index (χ4n) is 1.79. The van der Waals surface area contributed by atoms with Gasteiger partial charge >= 0.3 is 0 Å². The summed E-state index contributed by atoms with van der Waals surface area (Å²) in [5.74, 6) is 1.14. The lowest BCUT2D eigenvalue weighted by Crippen LogP contribution is -2.22. The molecule has 0 radical (unpaired) electrons. The Hall–Kier alpha value is -2.10. The Balaban J connectivity index is 2.27. The van der Waals surface area contributed by atoms with E-state index in [1.165, 1.54) is 0 Å². The van der Waals surface area contributed by atoms with E-state index in [4.69, 9.17) is 10.5 Å². The zero-order valence-corrected chi connectivity index (χ0v) is 11.8. The van der Waals surface area contributed by atoms with Gasteiger partial charge < -0.3 is 10.5 Å². The van der Waals surface area contributed by atoms with Crippen LogP contribution in [0.4, 0.5) is 5.95 Å². The number of anilines is 1. The average molecular weight is 257 g/mol. The number of hydrogen-bond donors (Lipinski definition) is 1. The SMILES string of the molecule is Cc1cc(-c2ccc(OC(C)(C)C)cc2)nc(N)n1. The van der Waals surface area contributed by atoms with E-state index in [2.05, 4.69) is 9.97 Å². The molecule has 4 heteroatoms. The van der Waals surface area contributed by atoms with Gasteiger partial charge in [0.2, 0.25) is 5.95 Å². The van der Waals surface area contributed by atoms with Crippen molar-refractivity contribution in [3.63, 3.8) is 0 Å². The van der Waals surface area contributed by atoms with Crippen molar-refractivity contribution in [2.75, 3.05) is 5.73 Å². The number of nitrogens with zero attached hydrogens (tertiary/aromatic N) is 2. The number of rotatable bonds is 2. The second-order valence-electron chi connectivity index (χ2n) is 5.49. The maximum Gasteiger partial charge on any atom is 0.220 e. The largest absolute Gasteiger partial charge is 0.488 e. The number of benzene rings is 1. The van der Waals surface area contributed by atoms with E-state index in [-0.39, 0.29) is 5.60 Å². The molecule has 0 atom stereocenters. The fraction of sp³-hybridized carbons (Fsp3) is 0.333. The molecular weight excluding hydrogens is 238 g/mol. The number of aromatic nitrogens is 2. The zero-order valence-electron chi connectivity index (χ0n) is 11.8. The summed E-state index contributed by atoms with van der Waals surface area (Å²) in [4.78, 5) is 8.30. The van der Waals surface area contributed by atoms with Crippen LogP contribution in [0.15, 0.2) is 30.3 Å². The van der Waals surface area contributed by atoms with E-state index in [1.807, 2.05) is 58.0 Å². The van der Waals surface area contributed by atoms with E-state index in [0.29, 0.717) is 5.95 Å². The highest BCUT2D eigenvalue weighted by Crippen LogP contribution is 2.24. The molecule has 0 unspecified atom stereocenters. The highest BCUT2D eigenvalue weighted by molar-refractivity contribution is 5.61. The molecule has 2 aromatic rings. The third-order valence-electron chi connectivity index (χ3n) is 2.45. The molecule has 0 aliphatic carbocycles. The van der Waals surface area contributed by atoms with Gasteiger partial charge in [0.15, 0.2) is 0 Å². The maximum absolute atomic E-state index is 5.78. The average Bonchev–Trinajstić information content (AvgIpc) is 2.26. The quantitative estimate of drug-likeness (QED) is 0.897. The first-order chi connectivity index (χ1) is 8.83. The van der Waals surface area contributed by atoms with E-state index in [1.54, 1.807) is 0 Å². The molecular formula is C15H19N3O. The van der Waals surface area contributed by atoms with Gasteiger partial charge in [-0.25, -0.2) is 9.97 Å². The van der Waals surface area contributed by atoms with Gasteiger partial charge in [0, 0.05) is 11.3 Å². The molecule has 1 aromatic carbocycles. The van der Waals surface area contributed by atoms with Crippen molar-refractivity contribution < 1.29 is 4.74 Å². The lowest BCUT2D eigenvalue weighted by atomic mass is 10.1. The molecule has 0 saturated carbocycles. The highest BCUT2D eigenvalue weighted by Gasteiger charge is 2.11. The Morgan fingerprint density at radius 2 is 1.68 bits per heavy atom. The second-order valence-corrected chi connectivity index (χ2v) is 5.49. The minimum Gasteiger partial charge on any atom is -0.488 e. The number of ether oxygens (including phenoxy) is 1. The van der Waals surface area contributed by atoms with Gasteiger partial charge in [-0.3, -0.25) is 0 Å². The molecule has 0 bridgehead atoms. The molecule has 0 aliphatic rings. The Kier molecular flexibility index (Phi) is 3.42. The van der Waals surface area contributed by atoms with Crippen molar-refractivity contribution in [3.05, 3.63) is 36.0 Å². The summed E-state index contributed by atoms with van der Waals surface area (Å²) in [7, 11) is 0. The summed E-state index contributed by atoms with van der Waals surface area (Å²) in [5.41, 5.74) is 8.15. The first-order valence-corrected chi connectivity index (χ1v) is 6.24. The monoisotopic (exact) mass is 257 g/mol. The van der Waals surface area contributed by atoms with E-state index in [0.717, 1.165) is 22.7 Å². The topological polar surface area (TPSA) is 61.0 Å². The molecule has 0 spiro atoms. The number of nitrogens with two attached hydrogens (primary N) is 1. The lowest BCUT2D eigenvalue weighted by Gasteiger charge is -2.21. The third-order valence-corrected chi connectivity index (χ3v) is 2.45. The van der Waals surface area contributed by atoms with E-state index < -0.39 is 0 Å². The van der Waals surface area contributed by atoms with Crippen molar-refractivity contribution in [2.24, 2.45) is 0 Å². The van der Waals surface area contributed by atoms with Gasteiger partial charge in [0.1, 0.15) is 11.4 Å². The van der Waals surface area contributed by atoms with E-state index in [9.17, 15) is 0 Å². The van der Waals surface area contributed by atoms with Gasteiger partial charge in [-0.2, -0.15) is 0 Å². The van der Waals surface area contributed by atoms with Crippen LogP contribution in [0.3, 0.4) is 0 Å². The lowest BCUT2D eigenvalue weighted by molar-refractivity contribution is 0.131. The predicted molar refractivity (Wildman–Crippen MR) is 77.0 cm³/mol. The summed E-state index contributed by atoms with van der Waals surface area (Å²) >= 11 is 0. The predicted octanol–water partition coefficient (Wildman–Crippen LogP) is 3.21. The first-order valence-electron chi connectivity index (χ1n) is 6.24. The van der Waals surface area contributed by atoms with Crippen LogP contribution in [0, 0.1) is 6.92 Å². The second kappa shape index (κ2) is 4.88. The third kappa shape index (κ3) is 3.68. The van der Waals surface area contributed by atoms with Crippen molar-refractivity contribution in [1.29, 1.82) is 0 Å². The van der Waals surface area contributed by atoms with Gasteiger partial charge in [-0.15, -0.1) is 0 Å². The minimum absolute atomic E-state index is 0.197. The molecule has 19 heavy (non-hydrogen) atoms. The molecule has 1 heterocycles. The summed E-state index contributed by atoms with van der Waals surface area (Å²) in [6, 6.07) is 9.74. The summed E-state index contributed by atoms with van der Waals surface area (Å²) < 4.78 is 5.78. The molecule has 0 aliphatic heterocycles. The zero-order chi connectivity index (χ0) is 14.0. The van der Waals surface area contributed by atoms with Crippen LogP contribution < -0.4 is 10.5 Å². The standard InChI is InChI=1S/C15H19N3O/c1-10-9-13(18-14(16)17-10)11-5-7-12(8-6-11)19-15(2,3)4/h5-9H,1-4H3,(H2,16,17,18). The molecule has 0 amide bonds. The highest BCUT2D eigenvalue weighted by atomic mass is 16.5. The Labute approximate surface area is 113 Å². The van der Waals surface area contributed by atoms with Gasteiger partial charge in [0.05, 0.1) is 5.69 Å². The smallest absolute Gasteiger partial charge is 0.220 e. The van der Waals surface area contributed by atoms with Crippen molar-refractivity contribution in [3.8, 4) is 17.0 Å². The minimum atomic E-state index is -0.197. The van der Waals surface area contributed by atoms with Crippen molar-refractivity contribution in [2.45, 2.75) is 33.3 Å². The van der Waals surface area contributed by atoms with E-state index >= 15 is 0 Å². The Bertz CT molecular complexity index is 551. The van der Waals surface area contributed by atoms with Crippen LogP contribution in [0.5, 0.6) is 5.75 Å². The Morgan fingerprint density at radius 3 is 2.21 bits per heavy atom. The molecule has 100 valence electrons. The molecule has 1 aromatic heterocycles. The maximum atomic E-state index is 5.78. The summed E-state index contributed by atoms with van der Waals surface area (Å²) in [6.07, 6.45) is 0. The number of nitrogen functional groups attached to an aromatic ring is 1. The van der Waals surface area contributed by atoms with Gasteiger partial charge in [0.25, 0.3) is 0 Å². The fourth-order valence-corrected chi connectivity index (χ4v) is 1.79. The first kappa shape index (κ1) is 13.3. The number of aryl methyl sites for hydroxylation is 1. The molecule has 0 fully saturated rings. The number of hydrogen-bond acceptors (Lipinski definition) is 4. The normalized spacial score (nSPS) is 11.4. The molecule has 2 rings (SSSR count). The molecule has 2 N–H and O–H groups in total. The van der Waals surface area contributed by atoms with Crippen LogP contribution in [-0.4, -0.2) is 15.6 Å². The van der Waals surface area contributed by atoms with Crippen LogP contribution in [0.1, 0.15) is 26.5 Å². The summed E-state index contributed by atoms with van der Waals surface area (Å²) in [6.45, 7) is 7.97.